The second-order valence-corrected chi connectivity index (χ2v) is 10.3. The smallest absolute Gasteiger partial charge is 0.320 e. The summed E-state index contributed by atoms with van der Waals surface area (Å²) < 4.78 is 34.6. The molecule has 0 saturated carbocycles. The molecule has 0 aliphatic rings. The lowest BCUT2D eigenvalue weighted by atomic mass is 10.1. The standard InChI is InChI=1S/C26H23ClN4O5S.2ClH/c27-23-16-21(8-9-24(23)36-22-10-13-30-11-3-7-20(30)15-22)31(37(34,35)17-25(32)33)12-2-5-18-4-1-6-19(14-18)26(28)29;;/h1-11,13-16H,12,17H2,(H3,28,29)(H,32,33);2*1H/b5-2+;;. The van der Waals surface area contributed by atoms with Crippen molar-refractivity contribution in [2.24, 2.45) is 5.73 Å². The number of carboxylic acids is 1. The molecule has 0 saturated heterocycles. The quantitative estimate of drug-likeness (QED) is 0.161. The van der Waals surface area contributed by atoms with Gasteiger partial charge >= 0.3 is 5.97 Å². The molecule has 206 valence electrons. The molecule has 2 aromatic carbocycles. The molecule has 4 N–H and O–H groups in total. The summed E-state index contributed by atoms with van der Waals surface area (Å²) in [5.41, 5.74) is 7.86. The molecule has 4 rings (SSSR count). The second-order valence-electron chi connectivity index (χ2n) is 8.04. The van der Waals surface area contributed by atoms with Crippen LogP contribution in [0.15, 0.2) is 85.2 Å². The van der Waals surface area contributed by atoms with Gasteiger partial charge in [0, 0.05) is 29.5 Å². The van der Waals surface area contributed by atoms with Crippen LogP contribution in [0.5, 0.6) is 11.5 Å². The summed E-state index contributed by atoms with van der Waals surface area (Å²) in [6.45, 7) is -0.151. The fourth-order valence-electron chi connectivity index (χ4n) is 3.64. The van der Waals surface area contributed by atoms with Crippen molar-refractivity contribution < 1.29 is 23.1 Å². The second kappa shape index (κ2) is 13.4. The number of benzene rings is 2. The van der Waals surface area contributed by atoms with Crippen LogP contribution in [0, 0.1) is 5.41 Å². The number of halogens is 3. The number of nitrogens with one attached hydrogen (secondary N) is 1. The topological polar surface area (TPSA) is 138 Å². The first-order valence-electron chi connectivity index (χ1n) is 11.0. The average Bonchev–Trinajstić information content (AvgIpc) is 3.30. The monoisotopic (exact) mass is 610 g/mol. The van der Waals surface area contributed by atoms with Crippen LogP contribution < -0.4 is 14.8 Å². The van der Waals surface area contributed by atoms with Gasteiger partial charge in [-0.2, -0.15) is 0 Å². The number of sulfonamides is 1. The summed E-state index contributed by atoms with van der Waals surface area (Å²) >= 11 is 6.44. The van der Waals surface area contributed by atoms with E-state index in [0.29, 0.717) is 22.6 Å². The number of anilines is 1. The number of carboxylic acid groups (broad SMARTS) is 1. The number of fused-ring (bicyclic) bond motifs is 1. The Morgan fingerprint density at radius 3 is 2.54 bits per heavy atom. The Morgan fingerprint density at radius 2 is 1.85 bits per heavy atom. The van der Waals surface area contributed by atoms with Crippen molar-refractivity contribution in [2.75, 3.05) is 16.6 Å². The van der Waals surface area contributed by atoms with Gasteiger partial charge in [0.15, 0.2) is 5.75 Å². The molecule has 9 nitrogen and oxygen atoms in total. The molecule has 0 unspecified atom stereocenters. The fourth-order valence-corrected chi connectivity index (χ4v) is 5.07. The van der Waals surface area contributed by atoms with Crippen molar-refractivity contribution in [1.82, 2.24) is 4.40 Å². The summed E-state index contributed by atoms with van der Waals surface area (Å²) in [5.74, 6) is -1.80. The molecule has 0 bridgehead atoms. The number of nitrogens with two attached hydrogens (primary N) is 1. The average molecular weight is 612 g/mol. The van der Waals surface area contributed by atoms with Crippen LogP contribution in [-0.2, 0) is 14.8 Å². The van der Waals surface area contributed by atoms with Crippen LogP contribution in [0.4, 0.5) is 5.69 Å². The molecule has 0 radical (unpaired) electrons. The zero-order chi connectivity index (χ0) is 26.6. The first kappa shape index (κ1) is 31.5. The number of amidine groups is 1. The summed E-state index contributed by atoms with van der Waals surface area (Å²) in [5, 5.41) is 16.9. The molecule has 0 spiro atoms. The summed E-state index contributed by atoms with van der Waals surface area (Å²) in [4.78, 5) is 11.2. The largest absolute Gasteiger partial charge is 0.480 e. The van der Waals surface area contributed by atoms with Gasteiger partial charge < -0.3 is 20.0 Å². The van der Waals surface area contributed by atoms with Crippen molar-refractivity contribution in [1.29, 1.82) is 5.41 Å². The number of rotatable bonds is 10. The van der Waals surface area contributed by atoms with Crippen LogP contribution in [0.2, 0.25) is 5.02 Å². The summed E-state index contributed by atoms with van der Waals surface area (Å²) in [7, 11) is -4.23. The maximum Gasteiger partial charge on any atom is 0.320 e. The van der Waals surface area contributed by atoms with E-state index in [2.05, 4.69) is 0 Å². The Balaban J connectivity index is 0.00000267. The Kier molecular flexibility index (Phi) is 10.8. The molecule has 4 aromatic rings. The zero-order valence-corrected chi connectivity index (χ0v) is 23.4. The van der Waals surface area contributed by atoms with E-state index in [9.17, 15) is 13.2 Å². The number of nitrogens with zero attached hydrogens (tertiary/aromatic N) is 2. The van der Waals surface area contributed by atoms with Gasteiger partial charge in [-0.15, -0.1) is 24.8 Å². The highest BCUT2D eigenvalue weighted by atomic mass is 35.5. The highest BCUT2D eigenvalue weighted by molar-refractivity contribution is 7.93. The van der Waals surface area contributed by atoms with E-state index < -0.39 is 21.7 Å². The number of hydrogen-bond donors (Lipinski definition) is 3. The predicted molar refractivity (Wildman–Crippen MR) is 159 cm³/mol. The van der Waals surface area contributed by atoms with E-state index >= 15 is 0 Å². The van der Waals surface area contributed by atoms with Crippen molar-refractivity contribution in [2.45, 2.75) is 0 Å². The molecule has 0 atom stereocenters. The zero-order valence-electron chi connectivity index (χ0n) is 20.2. The minimum atomic E-state index is -4.23. The minimum absolute atomic E-state index is 0. The van der Waals surface area contributed by atoms with E-state index in [4.69, 9.17) is 32.6 Å². The number of pyridine rings is 1. The van der Waals surface area contributed by atoms with Gasteiger partial charge in [0.2, 0.25) is 10.0 Å². The number of nitrogen functional groups attached to an aromatic ring is 1. The van der Waals surface area contributed by atoms with Gasteiger partial charge in [0.05, 0.1) is 17.3 Å². The number of carbonyl (C=O) groups is 1. The highest BCUT2D eigenvalue weighted by Gasteiger charge is 2.25. The molecule has 0 aliphatic carbocycles. The molecule has 0 amide bonds. The van der Waals surface area contributed by atoms with Gasteiger partial charge in [-0.1, -0.05) is 42.0 Å². The van der Waals surface area contributed by atoms with E-state index in [0.717, 1.165) is 9.82 Å². The van der Waals surface area contributed by atoms with Crippen molar-refractivity contribution >= 4 is 75.5 Å². The lowest BCUT2D eigenvalue weighted by Gasteiger charge is -2.23. The van der Waals surface area contributed by atoms with E-state index in [1.807, 2.05) is 35.0 Å². The highest BCUT2D eigenvalue weighted by Crippen LogP contribution is 2.34. The SMILES string of the molecule is Cl.Cl.N=C(N)c1cccc(/C=C/CN(c2ccc(Oc3ccn4cccc4c3)c(Cl)c2)S(=O)(=O)CC(=O)O)c1. The maximum atomic E-state index is 12.9. The third-order valence-electron chi connectivity index (χ3n) is 5.35. The first-order valence-corrected chi connectivity index (χ1v) is 13.0. The predicted octanol–water partition coefficient (Wildman–Crippen LogP) is 5.45. The fraction of sp³-hybridized carbons (Fsp3) is 0.0769. The van der Waals surface area contributed by atoms with Crippen LogP contribution in [0.3, 0.4) is 0 Å². The van der Waals surface area contributed by atoms with Gasteiger partial charge in [-0.25, -0.2) is 8.42 Å². The Labute approximate surface area is 242 Å². The van der Waals surface area contributed by atoms with Crippen molar-refractivity contribution in [3.05, 3.63) is 101 Å². The molecule has 0 aliphatic heterocycles. The van der Waals surface area contributed by atoms with Crippen LogP contribution in [0.1, 0.15) is 11.1 Å². The number of aromatic nitrogens is 1. The maximum absolute atomic E-state index is 12.9. The van der Waals surface area contributed by atoms with Crippen molar-refractivity contribution in [3.8, 4) is 11.5 Å². The molecular formula is C26H25Cl3N4O5S. The normalized spacial score (nSPS) is 11.0. The Bertz CT molecular complexity index is 1620. The first-order chi connectivity index (χ1) is 17.6. The van der Waals surface area contributed by atoms with Crippen LogP contribution in [0.25, 0.3) is 11.6 Å². The number of aliphatic carboxylic acids is 1. The molecule has 13 heteroatoms. The van der Waals surface area contributed by atoms with Gasteiger partial charge in [0.25, 0.3) is 0 Å². The lowest BCUT2D eigenvalue weighted by Crippen LogP contribution is -2.35. The number of ether oxygens (including phenoxy) is 1. The van der Waals surface area contributed by atoms with Gasteiger partial charge in [-0.3, -0.25) is 14.5 Å². The Hall–Kier alpha value is -3.70. The third-order valence-corrected chi connectivity index (χ3v) is 7.29. The molecule has 39 heavy (non-hydrogen) atoms. The van der Waals surface area contributed by atoms with Crippen molar-refractivity contribution in [3.63, 3.8) is 0 Å². The molecule has 2 heterocycles. The summed E-state index contributed by atoms with van der Waals surface area (Å²) in [6.07, 6.45) is 6.98. The number of hydrogen-bond acceptors (Lipinski definition) is 5. The van der Waals surface area contributed by atoms with E-state index in [1.54, 1.807) is 42.5 Å². The van der Waals surface area contributed by atoms with Gasteiger partial charge in [-0.05, 0) is 48.0 Å². The lowest BCUT2D eigenvalue weighted by molar-refractivity contribution is -0.134. The van der Waals surface area contributed by atoms with E-state index in [-0.39, 0.29) is 47.9 Å². The molecular weight excluding hydrogens is 587 g/mol. The molecule has 0 fully saturated rings. The van der Waals surface area contributed by atoms with Crippen LogP contribution in [-0.4, -0.2) is 42.0 Å². The summed E-state index contributed by atoms with van der Waals surface area (Å²) in [6, 6.07) is 18.7. The Morgan fingerprint density at radius 1 is 1.08 bits per heavy atom. The molecule has 2 aromatic heterocycles. The minimum Gasteiger partial charge on any atom is -0.480 e. The van der Waals surface area contributed by atoms with Gasteiger partial charge in [0.1, 0.15) is 17.3 Å². The third kappa shape index (κ3) is 7.90. The van der Waals surface area contributed by atoms with Crippen LogP contribution >= 0.6 is 36.4 Å². The van der Waals surface area contributed by atoms with E-state index in [1.165, 1.54) is 18.2 Å².